The number of benzene rings is 1. The number of halogens is 2. The van der Waals surface area contributed by atoms with Crippen LogP contribution in [0.2, 0.25) is 0 Å². The van der Waals surface area contributed by atoms with Crippen molar-refractivity contribution in [2.45, 2.75) is 31.8 Å². The zero-order chi connectivity index (χ0) is 15.5. The summed E-state index contributed by atoms with van der Waals surface area (Å²) in [7, 11) is 0. The maximum absolute atomic E-state index is 13.1. The summed E-state index contributed by atoms with van der Waals surface area (Å²) in [5.41, 5.74) is 4.57. The van der Waals surface area contributed by atoms with E-state index in [4.69, 9.17) is 10.8 Å². The van der Waals surface area contributed by atoms with Crippen LogP contribution in [0, 0.1) is 11.6 Å². The van der Waals surface area contributed by atoms with Gasteiger partial charge in [-0.3, -0.25) is 4.79 Å². The van der Waals surface area contributed by atoms with Crippen LogP contribution in [-0.4, -0.2) is 28.6 Å². The molecule has 0 aliphatic rings. The number of carboxylic acids is 1. The van der Waals surface area contributed by atoms with Gasteiger partial charge in [0.15, 0.2) is 11.6 Å². The molecule has 0 aliphatic carbocycles. The molecule has 0 saturated heterocycles. The van der Waals surface area contributed by atoms with Gasteiger partial charge in [0.2, 0.25) is 5.91 Å². The van der Waals surface area contributed by atoms with Gasteiger partial charge < -0.3 is 16.2 Å². The lowest BCUT2D eigenvalue weighted by molar-refractivity contribution is -0.142. The normalized spacial score (nSPS) is 12.8. The van der Waals surface area contributed by atoms with E-state index in [0.717, 1.165) is 12.1 Å². The number of nitrogens with one attached hydrogen (secondary N) is 1. The molecule has 0 bridgehead atoms. The van der Waals surface area contributed by atoms with E-state index in [0.29, 0.717) is 0 Å². The van der Waals surface area contributed by atoms with E-state index in [9.17, 15) is 18.4 Å². The molecular weight excluding hydrogens is 270 g/mol. The Labute approximate surface area is 114 Å². The van der Waals surface area contributed by atoms with Crippen molar-refractivity contribution in [2.24, 2.45) is 5.73 Å². The number of hydrogen-bond acceptors (Lipinski definition) is 3. The van der Waals surface area contributed by atoms with Crippen molar-refractivity contribution in [3.8, 4) is 0 Å². The number of carbonyl (C=O) groups is 2. The number of nitrogens with two attached hydrogens (primary N) is 1. The highest BCUT2D eigenvalue weighted by atomic mass is 19.2. The van der Waals surface area contributed by atoms with Crippen molar-refractivity contribution in [1.29, 1.82) is 0 Å². The van der Waals surface area contributed by atoms with Gasteiger partial charge in [-0.2, -0.15) is 0 Å². The maximum Gasteiger partial charge on any atom is 0.326 e. The van der Waals surface area contributed by atoms with Gasteiger partial charge in [0.25, 0.3) is 0 Å². The fourth-order valence-electron chi connectivity index (χ4n) is 1.45. The van der Waals surface area contributed by atoms with Crippen LogP contribution >= 0.6 is 0 Å². The van der Waals surface area contributed by atoms with E-state index in [1.807, 2.05) is 0 Å². The van der Waals surface area contributed by atoms with Gasteiger partial charge in [0.1, 0.15) is 6.04 Å². The molecule has 0 aliphatic heterocycles. The first kappa shape index (κ1) is 16.0. The van der Waals surface area contributed by atoms with E-state index in [1.165, 1.54) is 19.9 Å². The van der Waals surface area contributed by atoms with Crippen molar-refractivity contribution in [3.63, 3.8) is 0 Å². The molecule has 1 atom stereocenters. The van der Waals surface area contributed by atoms with Crippen LogP contribution in [0.3, 0.4) is 0 Å². The average Bonchev–Trinajstić information content (AvgIpc) is 2.31. The molecule has 5 nitrogen and oxygen atoms in total. The minimum absolute atomic E-state index is 0.172. The van der Waals surface area contributed by atoms with Gasteiger partial charge in [-0.25, -0.2) is 13.6 Å². The molecule has 1 unspecified atom stereocenters. The molecule has 1 amide bonds. The molecule has 0 saturated carbocycles. The molecule has 1 aromatic carbocycles. The lowest BCUT2D eigenvalue weighted by Gasteiger charge is -2.22. The van der Waals surface area contributed by atoms with E-state index in [2.05, 4.69) is 5.32 Å². The molecule has 0 fully saturated rings. The fraction of sp³-hybridized carbons (Fsp3) is 0.385. The molecule has 4 N–H and O–H groups in total. The Morgan fingerprint density at radius 1 is 1.35 bits per heavy atom. The summed E-state index contributed by atoms with van der Waals surface area (Å²) in [6, 6.07) is 1.78. The molecule has 0 heterocycles. The predicted octanol–water partition coefficient (Wildman–Crippen LogP) is 0.814. The van der Waals surface area contributed by atoms with Crippen LogP contribution in [0.1, 0.15) is 19.4 Å². The Morgan fingerprint density at radius 2 is 1.95 bits per heavy atom. The third-order valence-corrected chi connectivity index (χ3v) is 2.61. The summed E-state index contributed by atoms with van der Waals surface area (Å²) in [6.45, 7) is 2.86. The molecule has 1 rings (SSSR count). The summed E-state index contributed by atoms with van der Waals surface area (Å²) < 4.78 is 25.8. The maximum atomic E-state index is 13.1. The monoisotopic (exact) mass is 286 g/mol. The minimum Gasteiger partial charge on any atom is -0.480 e. The Kier molecular flexibility index (Phi) is 4.78. The van der Waals surface area contributed by atoms with Gasteiger partial charge in [-0.05, 0) is 31.5 Å². The Bertz CT molecular complexity index is 527. The van der Waals surface area contributed by atoms with Crippen molar-refractivity contribution >= 4 is 11.9 Å². The van der Waals surface area contributed by atoms with Crippen LogP contribution in [0.15, 0.2) is 18.2 Å². The second-order valence-corrected chi connectivity index (χ2v) is 5.04. The molecule has 0 radical (unpaired) electrons. The van der Waals surface area contributed by atoms with Crippen molar-refractivity contribution in [1.82, 2.24) is 5.32 Å². The first-order valence-corrected chi connectivity index (χ1v) is 5.88. The smallest absolute Gasteiger partial charge is 0.326 e. The van der Waals surface area contributed by atoms with Gasteiger partial charge in [-0.1, -0.05) is 6.07 Å². The number of aliphatic carboxylic acids is 1. The van der Waals surface area contributed by atoms with Crippen LogP contribution < -0.4 is 11.1 Å². The van der Waals surface area contributed by atoms with Gasteiger partial charge in [0.05, 0.1) is 5.54 Å². The highest BCUT2D eigenvalue weighted by Gasteiger charge is 2.28. The fourth-order valence-corrected chi connectivity index (χ4v) is 1.45. The number of carbonyl (C=O) groups excluding carboxylic acids is 1. The molecule has 110 valence electrons. The van der Waals surface area contributed by atoms with Crippen LogP contribution in [-0.2, 0) is 16.0 Å². The molecule has 20 heavy (non-hydrogen) atoms. The van der Waals surface area contributed by atoms with Crippen LogP contribution in [0.5, 0.6) is 0 Å². The van der Waals surface area contributed by atoms with E-state index < -0.39 is 35.1 Å². The molecule has 0 aromatic heterocycles. The van der Waals surface area contributed by atoms with Crippen LogP contribution in [0.25, 0.3) is 0 Å². The summed E-state index contributed by atoms with van der Waals surface area (Å²) in [5, 5.41) is 11.3. The van der Waals surface area contributed by atoms with E-state index >= 15 is 0 Å². The standard InChI is InChI=1S/C13H16F2N2O3/c1-13(2,16)12(20)17-10(11(18)19)6-7-3-4-8(14)9(15)5-7/h3-5,10H,6,16H2,1-2H3,(H,17,20)(H,18,19). The van der Waals surface area contributed by atoms with Crippen molar-refractivity contribution in [3.05, 3.63) is 35.4 Å². The summed E-state index contributed by atoms with van der Waals surface area (Å²) >= 11 is 0. The average molecular weight is 286 g/mol. The number of amides is 1. The minimum atomic E-state index is -1.28. The molecule has 0 spiro atoms. The first-order valence-electron chi connectivity index (χ1n) is 5.88. The topological polar surface area (TPSA) is 92.4 Å². The van der Waals surface area contributed by atoms with Crippen LogP contribution in [0.4, 0.5) is 8.78 Å². The Morgan fingerprint density at radius 3 is 2.40 bits per heavy atom. The first-order chi connectivity index (χ1) is 9.11. The highest BCUT2D eigenvalue weighted by molar-refractivity contribution is 5.89. The zero-order valence-corrected chi connectivity index (χ0v) is 11.1. The number of rotatable bonds is 5. The lowest BCUT2D eigenvalue weighted by Crippen LogP contribution is -2.54. The van der Waals surface area contributed by atoms with Gasteiger partial charge in [0, 0.05) is 6.42 Å². The van der Waals surface area contributed by atoms with Gasteiger partial charge in [-0.15, -0.1) is 0 Å². The summed E-state index contributed by atoms with van der Waals surface area (Å²) in [6.07, 6.45) is -0.172. The Balaban J connectivity index is 2.85. The second kappa shape index (κ2) is 5.96. The number of hydrogen-bond donors (Lipinski definition) is 3. The Hall–Kier alpha value is -2.02. The third-order valence-electron chi connectivity index (χ3n) is 2.61. The van der Waals surface area contributed by atoms with E-state index in [1.54, 1.807) is 0 Å². The largest absolute Gasteiger partial charge is 0.480 e. The van der Waals surface area contributed by atoms with Gasteiger partial charge >= 0.3 is 5.97 Å². The van der Waals surface area contributed by atoms with E-state index in [-0.39, 0.29) is 12.0 Å². The zero-order valence-electron chi connectivity index (χ0n) is 11.1. The molecule has 7 heteroatoms. The number of carboxylic acid groups (broad SMARTS) is 1. The molecular formula is C13H16F2N2O3. The lowest BCUT2D eigenvalue weighted by atomic mass is 10.0. The summed E-state index contributed by atoms with van der Waals surface area (Å²) in [5.74, 6) is -4.02. The third kappa shape index (κ3) is 4.27. The predicted molar refractivity (Wildman–Crippen MR) is 67.9 cm³/mol. The SMILES string of the molecule is CC(C)(N)C(=O)NC(Cc1ccc(F)c(F)c1)C(=O)O. The molecule has 1 aromatic rings. The summed E-state index contributed by atoms with van der Waals surface area (Å²) in [4.78, 5) is 22.8. The van der Waals surface area contributed by atoms with Crippen molar-refractivity contribution < 1.29 is 23.5 Å². The second-order valence-electron chi connectivity index (χ2n) is 5.04. The quantitative estimate of drug-likeness (QED) is 0.747. The highest BCUT2D eigenvalue weighted by Crippen LogP contribution is 2.11. The van der Waals surface area contributed by atoms with Crippen molar-refractivity contribution in [2.75, 3.05) is 0 Å².